The molecule has 8 nitrogen and oxygen atoms in total. The highest BCUT2D eigenvalue weighted by Crippen LogP contribution is 2.42. The third-order valence-corrected chi connectivity index (χ3v) is 5.16. The minimum atomic E-state index is -0.849. The highest BCUT2D eigenvalue weighted by atomic mass is 35.5. The van der Waals surface area contributed by atoms with Crippen LogP contribution in [0.3, 0.4) is 0 Å². The Morgan fingerprint density at radius 3 is 2.45 bits per heavy atom. The van der Waals surface area contributed by atoms with Gasteiger partial charge in [0.05, 0.1) is 30.8 Å². The number of carbonyl (C=O) groups is 2. The maximum absolute atomic E-state index is 12.7. The number of benzene rings is 2. The quantitative estimate of drug-likeness (QED) is 0.494. The molecule has 1 aliphatic heterocycles. The molecule has 0 saturated heterocycles. The highest BCUT2D eigenvalue weighted by Gasteiger charge is 2.36. The van der Waals surface area contributed by atoms with E-state index < -0.39 is 17.9 Å². The number of carbonyl (C=O) groups excluding carboxylic acids is 2. The molecule has 0 bridgehead atoms. The van der Waals surface area contributed by atoms with Gasteiger partial charge < -0.3 is 24.7 Å². The van der Waals surface area contributed by atoms with E-state index in [-0.39, 0.29) is 40.9 Å². The van der Waals surface area contributed by atoms with Crippen molar-refractivity contribution in [1.82, 2.24) is 0 Å². The third kappa shape index (κ3) is 4.94. The van der Waals surface area contributed by atoms with Crippen LogP contribution in [0.5, 0.6) is 11.5 Å². The molecule has 2 N–H and O–H groups in total. The molecule has 0 spiro atoms. The van der Waals surface area contributed by atoms with E-state index in [0.717, 1.165) is 0 Å². The highest BCUT2D eigenvalue weighted by molar-refractivity contribution is 6.30. The van der Waals surface area contributed by atoms with Gasteiger partial charge in [-0.05, 0) is 55.8 Å². The SMILES string of the molecule is CCOC(=O)C1=C(C)OC(N)=C(C#N)C1c1ccc(OC(=O)c2ccc(Cl)cc2)c(OC)c1. The molecule has 3 rings (SSSR count). The Bertz CT molecular complexity index is 1190. The van der Waals surface area contributed by atoms with Crippen molar-refractivity contribution in [2.75, 3.05) is 13.7 Å². The first-order valence-electron chi connectivity index (χ1n) is 9.91. The van der Waals surface area contributed by atoms with Gasteiger partial charge in [0.1, 0.15) is 17.4 Å². The molecule has 1 heterocycles. The van der Waals surface area contributed by atoms with E-state index in [1.807, 2.05) is 6.07 Å². The molecule has 2 aromatic carbocycles. The number of nitrogens with two attached hydrogens (primary N) is 1. The maximum atomic E-state index is 12.7. The van der Waals surface area contributed by atoms with Crippen LogP contribution < -0.4 is 15.2 Å². The number of rotatable bonds is 6. The second kappa shape index (κ2) is 10.1. The van der Waals surface area contributed by atoms with Gasteiger partial charge in [-0.25, -0.2) is 9.59 Å². The van der Waals surface area contributed by atoms with Gasteiger partial charge in [0, 0.05) is 5.02 Å². The van der Waals surface area contributed by atoms with Gasteiger partial charge in [0.2, 0.25) is 5.88 Å². The summed E-state index contributed by atoms with van der Waals surface area (Å²) in [5, 5.41) is 10.2. The van der Waals surface area contributed by atoms with E-state index in [2.05, 4.69) is 0 Å². The summed E-state index contributed by atoms with van der Waals surface area (Å²) >= 11 is 5.86. The summed E-state index contributed by atoms with van der Waals surface area (Å²) < 4.78 is 21.5. The number of hydrogen-bond acceptors (Lipinski definition) is 8. The summed E-state index contributed by atoms with van der Waals surface area (Å²) in [7, 11) is 1.41. The molecule has 0 amide bonds. The second-order valence-electron chi connectivity index (χ2n) is 6.92. The number of nitrogens with zero attached hydrogens (tertiary/aromatic N) is 1. The smallest absolute Gasteiger partial charge is 0.343 e. The average Bonchev–Trinajstić information content (AvgIpc) is 2.79. The zero-order valence-corrected chi connectivity index (χ0v) is 18.9. The molecule has 0 radical (unpaired) electrons. The molecule has 9 heteroatoms. The Morgan fingerprint density at radius 2 is 1.85 bits per heavy atom. The van der Waals surface area contributed by atoms with Gasteiger partial charge in [0.15, 0.2) is 11.5 Å². The number of esters is 2. The molecule has 1 unspecified atom stereocenters. The van der Waals surface area contributed by atoms with Gasteiger partial charge in [-0.1, -0.05) is 17.7 Å². The first-order valence-corrected chi connectivity index (χ1v) is 10.3. The van der Waals surface area contributed by atoms with Gasteiger partial charge in [0.25, 0.3) is 0 Å². The topological polar surface area (TPSA) is 121 Å². The molecule has 0 saturated carbocycles. The Labute approximate surface area is 195 Å². The van der Waals surface area contributed by atoms with Crippen LogP contribution in [0.25, 0.3) is 0 Å². The zero-order valence-electron chi connectivity index (χ0n) is 18.2. The lowest BCUT2D eigenvalue weighted by Crippen LogP contribution is -2.25. The standard InChI is InChI=1S/C24H21ClN2O6/c1-4-31-24(29)20-13(2)32-22(27)17(12-26)21(20)15-7-10-18(19(11-15)30-3)33-23(28)14-5-8-16(25)9-6-14/h5-11,21H,4,27H2,1-3H3. The van der Waals surface area contributed by atoms with E-state index in [1.165, 1.54) is 13.2 Å². The number of methoxy groups -OCH3 is 1. The Morgan fingerprint density at radius 1 is 1.15 bits per heavy atom. The van der Waals surface area contributed by atoms with Crippen molar-refractivity contribution in [2.24, 2.45) is 5.73 Å². The predicted octanol–water partition coefficient (Wildman–Crippen LogP) is 4.21. The lowest BCUT2D eigenvalue weighted by atomic mass is 9.83. The monoisotopic (exact) mass is 468 g/mol. The Kier molecular flexibility index (Phi) is 7.26. The van der Waals surface area contributed by atoms with Crippen LogP contribution in [0.4, 0.5) is 0 Å². The van der Waals surface area contributed by atoms with Crippen molar-refractivity contribution in [1.29, 1.82) is 5.26 Å². The number of allylic oxidation sites excluding steroid dienone is 2. The summed E-state index contributed by atoms with van der Waals surface area (Å²) in [4.78, 5) is 25.2. The lowest BCUT2D eigenvalue weighted by molar-refractivity contribution is -0.139. The first-order chi connectivity index (χ1) is 15.8. The van der Waals surface area contributed by atoms with Gasteiger partial charge in [-0.15, -0.1) is 0 Å². The van der Waals surface area contributed by atoms with E-state index in [4.69, 9.17) is 36.3 Å². The minimum Gasteiger partial charge on any atom is -0.493 e. The molecule has 0 aliphatic carbocycles. The van der Waals surface area contributed by atoms with Crippen molar-refractivity contribution in [3.05, 3.63) is 81.4 Å². The fourth-order valence-electron chi connectivity index (χ4n) is 3.38. The van der Waals surface area contributed by atoms with E-state index in [9.17, 15) is 14.9 Å². The van der Waals surface area contributed by atoms with E-state index >= 15 is 0 Å². The number of ether oxygens (including phenoxy) is 4. The van der Waals surface area contributed by atoms with Gasteiger partial charge >= 0.3 is 11.9 Å². The van der Waals surface area contributed by atoms with Crippen LogP contribution >= 0.6 is 11.6 Å². The van der Waals surface area contributed by atoms with Crippen molar-refractivity contribution in [3.8, 4) is 17.6 Å². The molecule has 0 fully saturated rings. The summed E-state index contributed by atoms with van der Waals surface area (Å²) in [5.41, 5.74) is 6.93. The molecule has 1 aliphatic rings. The molecule has 2 aromatic rings. The molecular formula is C24H21ClN2O6. The lowest BCUT2D eigenvalue weighted by Gasteiger charge is -2.27. The second-order valence-corrected chi connectivity index (χ2v) is 7.36. The molecular weight excluding hydrogens is 448 g/mol. The molecule has 33 heavy (non-hydrogen) atoms. The van der Waals surface area contributed by atoms with Crippen LogP contribution in [-0.4, -0.2) is 25.7 Å². The van der Waals surface area contributed by atoms with Crippen LogP contribution in [-0.2, 0) is 14.3 Å². The summed E-state index contributed by atoms with van der Waals surface area (Å²) in [6.07, 6.45) is 0. The van der Waals surface area contributed by atoms with Crippen LogP contribution in [0.15, 0.2) is 65.3 Å². The largest absolute Gasteiger partial charge is 0.493 e. The summed E-state index contributed by atoms with van der Waals surface area (Å²) in [5.74, 6) is -1.58. The third-order valence-electron chi connectivity index (χ3n) is 4.90. The fourth-order valence-corrected chi connectivity index (χ4v) is 3.51. The summed E-state index contributed by atoms with van der Waals surface area (Å²) in [6, 6.07) is 12.9. The van der Waals surface area contributed by atoms with Gasteiger partial charge in [-0.3, -0.25) is 0 Å². The first kappa shape index (κ1) is 23.7. The molecule has 1 atom stereocenters. The van der Waals surface area contributed by atoms with E-state index in [0.29, 0.717) is 16.1 Å². The van der Waals surface area contributed by atoms with Gasteiger partial charge in [-0.2, -0.15) is 5.26 Å². The number of hydrogen-bond donors (Lipinski definition) is 1. The van der Waals surface area contributed by atoms with E-state index in [1.54, 1.807) is 50.2 Å². The minimum absolute atomic E-state index is 0.0524. The van der Waals surface area contributed by atoms with Crippen molar-refractivity contribution in [3.63, 3.8) is 0 Å². The summed E-state index contributed by atoms with van der Waals surface area (Å²) in [6.45, 7) is 3.39. The van der Waals surface area contributed by atoms with Crippen LogP contribution in [0.2, 0.25) is 5.02 Å². The van der Waals surface area contributed by atoms with Crippen molar-refractivity contribution >= 4 is 23.5 Å². The fraction of sp³-hybridized carbons (Fsp3) is 0.208. The van der Waals surface area contributed by atoms with Crippen molar-refractivity contribution in [2.45, 2.75) is 19.8 Å². The zero-order chi connectivity index (χ0) is 24.1. The number of nitriles is 1. The Balaban J connectivity index is 2.01. The molecule has 0 aromatic heterocycles. The van der Waals surface area contributed by atoms with Crippen molar-refractivity contribution < 1.29 is 28.5 Å². The normalized spacial score (nSPS) is 15.4. The maximum Gasteiger partial charge on any atom is 0.343 e. The number of halogens is 1. The predicted molar refractivity (Wildman–Crippen MR) is 119 cm³/mol. The van der Waals surface area contributed by atoms with Crippen LogP contribution in [0, 0.1) is 11.3 Å². The van der Waals surface area contributed by atoms with Crippen LogP contribution in [0.1, 0.15) is 35.7 Å². The average molecular weight is 469 g/mol. The molecule has 170 valence electrons. The Hall–Kier alpha value is -3.96.